The zero-order valence-corrected chi connectivity index (χ0v) is 20.9. The summed E-state index contributed by atoms with van der Waals surface area (Å²) in [6, 6.07) is 15.2. The van der Waals surface area contributed by atoms with Crippen molar-refractivity contribution in [1.29, 1.82) is 0 Å². The Morgan fingerprint density at radius 3 is 2.53 bits per heavy atom. The molecule has 164 valence electrons. The molecule has 0 aliphatic carbocycles. The first-order valence-electron chi connectivity index (χ1n) is 10.4. The summed E-state index contributed by atoms with van der Waals surface area (Å²) in [6.45, 7) is 6.11. The molecule has 0 bridgehead atoms. The van der Waals surface area contributed by atoms with Crippen LogP contribution in [-0.4, -0.2) is 56.1 Å². The highest BCUT2D eigenvalue weighted by molar-refractivity contribution is 14.0. The largest absolute Gasteiger partial charge is 0.363 e. The molecule has 1 fully saturated rings. The van der Waals surface area contributed by atoms with Crippen LogP contribution in [0.4, 0.5) is 5.82 Å². The quantitative estimate of drug-likeness (QED) is 0.346. The van der Waals surface area contributed by atoms with E-state index in [0.29, 0.717) is 12.6 Å². The Bertz CT molecular complexity index is 815. The molecule has 2 aromatic rings. The lowest BCUT2D eigenvalue weighted by atomic mass is 10.0. The number of anilines is 1. The van der Waals surface area contributed by atoms with Crippen LogP contribution in [0, 0.1) is 6.92 Å². The number of hydrogen-bond donors (Lipinski definition) is 2. The second-order valence-electron chi connectivity index (χ2n) is 7.93. The van der Waals surface area contributed by atoms with Crippen molar-refractivity contribution in [2.45, 2.75) is 38.9 Å². The monoisotopic (exact) mass is 522 g/mol. The predicted octanol–water partition coefficient (Wildman–Crippen LogP) is 3.40. The normalized spacial score (nSPS) is 15.4. The second kappa shape index (κ2) is 12.1. The van der Waals surface area contributed by atoms with Gasteiger partial charge in [-0.15, -0.1) is 24.0 Å². The van der Waals surface area contributed by atoms with Crippen LogP contribution in [0.25, 0.3) is 0 Å². The van der Waals surface area contributed by atoms with Crippen LogP contribution < -0.4 is 15.5 Å². The van der Waals surface area contributed by atoms with Crippen molar-refractivity contribution in [3.05, 3.63) is 59.3 Å². The average Bonchev–Trinajstić information content (AvgIpc) is 2.74. The topological polar surface area (TPSA) is 55.8 Å². The fraction of sp³-hybridized carbons (Fsp3) is 0.478. The van der Waals surface area contributed by atoms with Gasteiger partial charge in [0.1, 0.15) is 5.82 Å². The van der Waals surface area contributed by atoms with Gasteiger partial charge in [-0.1, -0.05) is 30.3 Å². The van der Waals surface area contributed by atoms with E-state index >= 15 is 0 Å². The van der Waals surface area contributed by atoms with Gasteiger partial charge in [-0.2, -0.15) is 0 Å². The smallest absolute Gasteiger partial charge is 0.191 e. The van der Waals surface area contributed by atoms with Crippen molar-refractivity contribution in [2.24, 2.45) is 4.99 Å². The summed E-state index contributed by atoms with van der Waals surface area (Å²) < 4.78 is 0. The summed E-state index contributed by atoms with van der Waals surface area (Å²) >= 11 is 0. The standard InChI is InChI=1S/C23H34N6.HI/c1-18-8-5-6-9-19(18)17-29-14-12-20(13-15-29)27-23(24-2)25-16-21-10-7-11-22(26-21)28(3)4;/h5-11,20H,12-17H2,1-4H3,(H2,24,25,27);1H. The summed E-state index contributed by atoms with van der Waals surface area (Å²) in [5, 5.41) is 6.98. The van der Waals surface area contributed by atoms with E-state index in [4.69, 9.17) is 0 Å². The average molecular weight is 522 g/mol. The van der Waals surface area contributed by atoms with Crippen molar-refractivity contribution in [1.82, 2.24) is 20.5 Å². The first-order valence-corrected chi connectivity index (χ1v) is 10.4. The molecule has 0 atom stereocenters. The number of nitrogens with zero attached hydrogens (tertiary/aromatic N) is 4. The highest BCUT2D eigenvalue weighted by atomic mass is 127. The molecule has 2 heterocycles. The Hall–Kier alpha value is -1.87. The SMILES string of the molecule is CN=C(NCc1cccc(N(C)C)n1)NC1CCN(Cc2ccccc2C)CC1.I. The zero-order valence-electron chi connectivity index (χ0n) is 18.6. The lowest BCUT2D eigenvalue weighted by Crippen LogP contribution is -2.48. The summed E-state index contributed by atoms with van der Waals surface area (Å²) in [4.78, 5) is 13.6. The highest BCUT2D eigenvalue weighted by Crippen LogP contribution is 2.16. The molecule has 1 saturated heterocycles. The minimum atomic E-state index is 0. The molecule has 2 N–H and O–H groups in total. The van der Waals surface area contributed by atoms with E-state index in [0.717, 1.165) is 49.9 Å². The zero-order chi connectivity index (χ0) is 20.6. The molecule has 0 spiro atoms. The van der Waals surface area contributed by atoms with Gasteiger partial charge in [0.15, 0.2) is 5.96 Å². The van der Waals surface area contributed by atoms with Crippen LogP contribution in [-0.2, 0) is 13.1 Å². The van der Waals surface area contributed by atoms with E-state index in [9.17, 15) is 0 Å². The number of nitrogens with one attached hydrogen (secondary N) is 2. The molecule has 0 saturated carbocycles. The predicted molar refractivity (Wildman–Crippen MR) is 137 cm³/mol. The van der Waals surface area contributed by atoms with Gasteiger partial charge in [-0.05, 0) is 43.0 Å². The molecule has 30 heavy (non-hydrogen) atoms. The van der Waals surface area contributed by atoms with Crippen LogP contribution in [0.1, 0.15) is 29.7 Å². The summed E-state index contributed by atoms with van der Waals surface area (Å²) in [5.74, 6) is 1.81. The number of rotatable bonds is 6. The maximum absolute atomic E-state index is 4.66. The van der Waals surface area contributed by atoms with E-state index in [-0.39, 0.29) is 24.0 Å². The fourth-order valence-corrected chi connectivity index (χ4v) is 3.64. The molecule has 0 radical (unpaired) electrons. The minimum Gasteiger partial charge on any atom is -0.363 e. The molecule has 1 aromatic carbocycles. The van der Waals surface area contributed by atoms with Crippen LogP contribution in [0.3, 0.4) is 0 Å². The minimum absolute atomic E-state index is 0. The number of piperidine rings is 1. The Kier molecular flexibility index (Phi) is 9.84. The summed E-state index contributed by atoms with van der Waals surface area (Å²) in [6.07, 6.45) is 2.25. The first-order chi connectivity index (χ1) is 14.0. The Morgan fingerprint density at radius 2 is 1.87 bits per heavy atom. The Balaban J connectivity index is 0.00000320. The fourth-order valence-electron chi connectivity index (χ4n) is 3.64. The van der Waals surface area contributed by atoms with Gasteiger partial charge in [-0.25, -0.2) is 4.98 Å². The number of hydrogen-bond acceptors (Lipinski definition) is 4. The van der Waals surface area contributed by atoms with Crippen molar-refractivity contribution in [2.75, 3.05) is 39.1 Å². The Labute approximate surface area is 198 Å². The number of aromatic nitrogens is 1. The number of pyridine rings is 1. The van der Waals surface area contributed by atoms with Gasteiger partial charge >= 0.3 is 0 Å². The molecule has 3 rings (SSSR count). The van der Waals surface area contributed by atoms with Crippen molar-refractivity contribution < 1.29 is 0 Å². The molecular weight excluding hydrogens is 487 g/mol. The summed E-state index contributed by atoms with van der Waals surface area (Å²) in [5.41, 5.74) is 3.82. The van der Waals surface area contributed by atoms with Crippen LogP contribution in [0.2, 0.25) is 0 Å². The number of guanidine groups is 1. The van der Waals surface area contributed by atoms with E-state index < -0.39 is 0 Å². The Morgan fingerprint density at radius 1 is 1.13 bits per heavy atom. The molecule has 1 aliphatic rings. The van der Waals surface area contributed by atoms with Gasteiger partial charge in [0.2, 0.25) is 0 Å². The van der Waals surface area contributed by atoms with Crippen molar-refractivity contribution in [3.8, 4) is 0 Å². The molecule has 6 nitrogen and oxygen atoms in total. The third-order valence-electron chi connectivity index (χ3n) is 5.49. The van der Waals surface area contributed by atoms with E-state index in [1.54, 1.807) is 0 Å². The number of halogens is 1. The molecule has 7 heteroatoms. The lowest BCUT2D eigenvalue weighted by Gasteiger charge is -2.33. The van der Waals surface area contributed by atoms with Gasteiger partial charge in [-0.3, -0.25) is 9.89 Å². The molecular formula is C23H35IN6. The number of aliphatic imine (C=N–C) groups is 1. The van der Waals surface area contributed by atoms with E-state index in [1.165, 1.54) is 11.1 Å². The second-order valence-corrected chi connectivity index (χ2v) is 7.93. The van der Waals surface area contributed by atoms with Crippen molar-refractivity contribution in [3.63, 3.8) is 0 Å². The van der Waals surface area contributed by atoms with Crippen LogP contribution >= 0.6 is 24.0 Å². The van der Waals surface area contributed by atoms with Gasteiger partial charge in [0.05, 0.1) is 12.2 Å². The van der Waals surface area contributed by atoms with Gasteiger partial charge < -0.3 is 15.5 Å². The van der Waals surface area contributed by atoms with Crippen molar-refractivity contribution >= 4 is 35.8 Å². The first kappa shape index (κ1) is 24.4. The molecule has 0 amide bonds. The van der Waals surface area contributed by atoms with E-state index in [2.05, 4.69) is 56.7 Å². The number of likely N-dealkylation sites (tertiary alicyclic amines) is 1. The van der Waals surface area contributed by atoms with Crippen LogP contribution in [0.15, 0.2) is 47.5 Å². The number of benzene rings is 1. The van der Waals surface area contributed by atoms with Crippen LogP contribution in [0.5, 0.6) is 0 Å². The summed E-state index contributed by atoms with van der Waals surface area (Å²) in [7, 11) is 5.84. The molecule has 0 unspecified atom stereocenters. The molecule has 1 aliphatic heterocycles. The highest BCUT2D eigenvalue weighted by Gasteiger charge is 2.20. The maximum atomic E-state index is 4.66. The third kappa shape index (κ3) is 7.12. The molecule has 1 aromatic heterocycles. The number of aryl methyl sites for hydroxylation is 1. The maximum Gasteiger partial charge on any atom is 0.191 e. The van der Waals surface area contributed by atoms with Gasteiger partial charge in [0.25, 0.3) is 0 Å². The third-order valence-corrected chi connectivity index (χ3v) is 5.49. The van der Waals surface area contributed by atoms with Gasteiger partial charge in [0, 0.05) is 46.8 Å². The lowest BCUT2D eigenvalue weighted by molar-refractivity contribution is 0.198. The van der Waals surface area contributed by atoms with E-state index in [1.807, 2.05) is 44.2 Å².